The standard InChI is InChI=1S/C19H18F5N7O/c20-13(21)8-31-17-12(6-26-31)25-7-15(28-17)29-5-4-18(9-29)10-30(11-18)14-2-1-3-16(27-14)32-19(22,23)24/h1-3,6-7,13H,4-5,8-11H2. The van der Waals surface area contributed by atoms with Crippen LogP contribution in [-0.4, -0.2) is 63.7 Å². The molecule has 2 fully saturated rings. The maximum Gasteiger partial charge on any atom is 0.574 e. The number of nitrogens with zero attached hydrogens (tertiary/aromatic N) is 7. The first kappa shape index (κ1) is 20.6. The van der Waals surface area contributed by atoms with Crippen LogP contribution in [0.25, 0.3) is 11.2 Å². The quantitative estimate of drug-likeness (QED) is 0.548. The number of pyridine rings is 1. The minimum absolute atomic E-state index is 0.0532. The Morgan fingerprint density at radius 2 is 1.81 bits per heavy atom. The van der Waals surface area contributed by atoms with Gasteiger partial charge in [0.05, 0.1) is 12.4 Å². The lowest BCUT2D eigenvalue weighted by atomic mass is 9.79. The van der Waals surface area contributed by atoms with Gasteiger partial charge in [0.1, 0.15) is 23.7 Å². The van der Waals surface area contributed by atoms with E-state index < -0.39 is 25.2 Å². The summed E-state index contributed by atoms with van der Waals surface area (Å²) in [6, 6.07) is 4.28. The molecule has 2 aliphatic heterocycles. The van der Waals surface area contributed by atoms with Crippen LogP contribution in [0.4, 0.5) is 33.6 Å². The molecule has 5 rings (SSSR count). The first-order chi connectivity index (χ1) is 15.2. The highest BCUT2D eigenvalue weighted by Crippen LogP contribution is 2.42. The Morgan fingerprint density at radius 3 is 2.56 bits per heavy atom. The molecule has 1 spiro atoms. The van der Waals surface area contributed by atoms with E-state index in [1.165, 1.54) is 12.3 Å². The summed E-state index contributed by atoms with van der Waals surface area (Å²) in [5, 5.41) is 3.93. The summed E-state index contributed by atoms with van der Waals surface area (Å²) >= 11 is 0. The van der Waals surface area contributed by atoms with Crippen LogP contribution >= 0.6 is 0 Å². The maximum absolute atomic E-state index is 12.8. The minimum atomic E-state index is -4.79. The number of hydrogen-bond acceptors (Lipinski definition) is 7. The number of alkyl halides is 5. The highest BCUT2D eigenvalue weighted by atomic mass is 19.4. The van der Waals surface area contributed by atoms with E-state index >= 15 is 0 Å². The zero-order chi connectivity index (χ0) is 22.5. The number of rotatable bonds is 5. The molecule has 0 amide bonds. The van der Waals surface area contributed by atoms with Crippen LogP contribution in [0.2, 0.25) is 0 Å². The van der Waals surface area contributed by atoms with Crippen molar-refractivity contribution < 1.29 is 26.7 Å². The fraction of sp³-hybridized carbons (Fsp3) is 0.474. The molecule has 5 heterocycles. The highest BCUT2D eigenvalue weighted by Gasteiger charge is 2.48. The van der Waals surface area contributed by atoms with Crippen molar-refractivity contribution in [1.82, 2.24) is 24.7 Å². The first-order valence-electron chi connectivity index (χ1n) is 9.89. The van der Waals surface area contributed by atoms with Crippen molar-refractivity contribution in [3.63, 3.8) is 0 Å². The molecule has 0 aromatic carbocycles. The summed E-state index contributed by atoms with van der Waals surface area (Å²) < 4.78 is 67.9. The van der Waals surface area contributed by atoms with Crippen molar-refractivity contribution in [3.05, 3.63) is 30.6 Å². The molecule has 2 aliphatic rings. The molecule has 0 N–H and O–H groups in total. The van der Waals surface area contributed by atoms with E-state index in [1.807, 2.05) is 9.80 Å². The molecule has 0 aliphatic carbocycles. The third-order valence-corrected chi connectivity index (χ3v) is 5.71. The largest absolute Gasteiger partial charge is 0.574 e. The average Bonchev–Trinajstić information content (AvgIpc) is 3.30. The normalized spacial score (nSPS) is 18.1. The Hall–Kier alpha value is -3.25. The van der Waals surface area contributed by atoms with Crippen molar-refractivity contribution in [1.29, 1.82) is 0 Å². The summed E-state index contributed by atoms with van der Waals surface area (Å²) in [6.07, 6.45) is -3.47. The van der Waals surface area contributed by atoms with Crippen LogP contribution in [0, 0.1) is 5.41 Å². The van der Waals surface area contributed by atoms with Gasteiger partial charge in [0, 0.05) is 37.7 Å². The van der Waals surface area contributed by atoms with Crippen molar-refractivity contribution in [2.24, 2.45) is 5.41 Å². The third kappa shape index (κ3) is 3.98. The molecule has 2 saturated heterocycles. The van der Waals surface area contributed by atoms with E-state index in [-0.39, 0.29) is 5.41 Å². The second-order valence-corrected chi connectivity index (χ2v) is 8.06. The molecular weight excluding hydrogens is 437 g/mol. The summed E-state index contributed by atoms with van der Waals surface area (Å²) in [5.41, 5.74) is 0.706. The molecule has 0 unspecified atom stereocenters. The van der Waals surface area contributed by atoms with Gasteiger partial charge in [0.15, 0.2) is 5.65 Å². The zero-order valence-electron chi connectivity index (χ0n) is 16.6. The molecule has 13 heteroatoms. The second-order valence-electron chi connectivity index (χ2n) is 8.06. The fourth-order valence-corrected chi connectivity index (χ4v) is 4.33. The van der Waals surface area contributed by atoms with Crippen molar-refractivity contribution in [2.45, 2.75) is 25.8 Å². The monoisotopic (exact) mass is 455 g/mol. The van der Waals surface area contributed by atoms with E-state index in [0.717, 1.165) is 17.2 Å². The van der Waals surface area contributed by atoms with E-state index in [2.05, 4.69) is 24.8 Å². The van der Waals surface area contributed by atoms with Crippen LogP contribution in [-0.2, 0) is 6.54 Å². The SMILES string of the molecule is FC(F)Cn1ncc2ncc(N3CCC4(CN(c5cccc(OC(F)(F)F)n5)C4)C3)nc21. The number of fused-ring (bicyclic) bond motifs is 1. The topological polar surface area (TPSA) is 72.2 Å². The predicted molar refractivity (Wildman–Crippen MR) is 104 cm³/mol. The molecule has 32 heavy (non-hydrogen) atoms. The van der Waals surface area contributed by atoms with Gasteiger partial charge in [-0.2, -0.15) is 10.1 Å². The Bertz CT molecular complexity index is 1130. The molecule has 3 aromatic heterocycles. The molecule has 0 saturated carbocycles. The maximum atomic E-state index is 12.8. The smallest absolute Gasteiger partial charge is 0.388 e. The molecule has 0 atom stereocenters. The van der Waals surface area contributed by atoms with Crippen LogP contribution < -0.4 is 14.5 Å². The van der Waals surface area contributed by atoms with Crippen LogP contribution in [0.1, 0.15) is 6.42 Å². The van der Waals surface area contributed by atoms with Crippen LogP contribution in [0.15, 0.2) is 30.6 Å². The van der Waals surface area contributed by atoms with Crippen LogP contribution in [0.3, 0.4) is 0 Å². The first-order valence-corrected chi connectivity index (χ1v) is 9.89. The van der Waals surface area contributed by atoms with Gasteiger partial charge in [-0.05, 0) is 12.5 Å². The average molecular weight is 455 g/mol. The highest BCUT2D eigenvalue weighted by molar-refractivity contribution is 5.71. The number of ether oxygens (including phenoxy) is 1. The van der Waals surface area contributed by atoms with E-state index in [1.54, 1.807) is 12.3 Å². The Morgan fingerprint density at radius 1 is 1.03 bits per heavy atom. The van der Waals surface area contributed by atoms with Gasteiger partial charge >= 0.3 is 6.36 Å². The van der Waals surface area contributed by atoms with Gasteiger partial charge in [0.2, 0.25) is 5.88 Å². The summed E-state index contributed by atoms with van der Waals surface area (Å²) in [7, 11) is 0. The Balaban J connectivity index is 1.26. The molecule has 0 radical (unpaired) electrons. The van der Waals surface area contributed by atoms with E-state index in [4.69, 9.17) is 0 Å². The molecule has 3 aromatic rings. The van der Waals surface area contributed by atoms with E-state index in [9.17, 15) is 22.0 Å². The van der Waals surface area contributed by atoms with Gasteiger partial charge in [-0.15, -0.1) is 13.2 Å². The van der Waals surface area contributed by atoms with Crippen molar-refractivity contribution in [2.75, 3.05) is 36.0 Å². The van der Waals surface area contributed by atoms with Gasteiger partial charge in [-0.1, -0.05) is 6.07 Å². The van der Waals surface area contributed by atoms with Crippen LogP contribution in [0.5, 0.6) is 5.88 Å². The lowest BCUT2D eigenvalue weighted by Gasteiger charge is -2.48. The summed E-state index contributed by atoms with van der Waals surface area (Å²) in [6.45, 7) is 2.09. The second kappa shape index (κ2) is 7.41. The number of hydrogen-bond donors (Lipinski definition) is 0. The van der Waals surface area contributed by atoms with Gasteiger partial charge in [0.25, 0.3) is 6.43 Å². The fourth-order valence-electron chi connectivity index (χ4n) is 4.33. The van der Waals surface area contributed by atoms with Crippen molar-refractivity contribution in [3.8, 4) is 5.88 Å². The molecule has 0 bridgehead atoms. The summed E-state index contributed by atoms with van der Waals surface area (Å²) in [5.74, 6) is 0.517. The number of halogens is 5. The zero-order valence-corrected chi connectivity index (χ0v) is 16.6. The predicted octanol–water partition coefficient (Wildman–Crippen LogP) is 3.10. The number of aromatic nitrogens is 5. The number of anilines is 2. The molecular formula is C19H18F5N7O. The van der Waals surface area contributed by atoms with E-state index in [0.29, 0.717) is 49.0 Å². The minimum Gasteiger partial charge on any atom is -0.388 e. The third-order valence-electron chi connectivity index (χ3n) is 5.71. The van der Waals surface area contributed by atoms with Gasteiger partial charge in [-0.3, -0.25) is 0 Å². The lowest BCUT2D eigenvalue weighted by Crippen LogP contribution is -2.58. The van der Waals surface area contributed by atoms with Gasteiger partial charge in [-0.25, -0.2) is 23.4 Å². The Labute approximate surface area is 178 Å². The lowest BCUT2D eigenvalue weighted by molar-refractivity contribution is -0.276. The summed E-state index contributed by atoms with van der Waals surface area (Å²) in [4.78, 5) is 16.7. The van der Waals surface area contributed by atoms with Crippen molar-refractivity contribution >= 4 is 22.8 Å². The molecule has 170 valence electrons. The van der Waals surface area contributed by atoms with Gasteiger partial charge < -0.3 is 14.5 Å². The Kier molecular flexibility index (Phi) is 4.78. The molecule has 8 nitrogen and oxygen atoms in total.